The molecule has 1 aliphatic heterocycles. The van der Waals surface area contributed by atoms with E-state index in [-0.39, 0.29) is 0 Å². The van der Waals surface area contributed by atoms with Crippen LogP contribution in [0.15, 0.2) is 30.3 Å². The van der Waals surface area contributed by atoms with Crippen LogP contribution in [0.5, 0.6) is 0 Å². The van der Waals surface area contributed by atoms with Gasteiger partial charge in [0.2, 0.25) is 0 Å². The van der Waals surface area contributed by atoms with Crippen LogP contribution < -0.4 is 5.32 Å². The van der Waals surface area contributed by atoms with Gasteiger partial charge in [-0.15, -0.1) is 0 Å². The van der Waals surface area contributed by atoms with E-state index in [1.54, 1.807) is 0 Å². The molecule has 0 amide bonds. The smallest absolute Gasteiger partial charge is 0.0354 e. The third-order valence-corrected chi connectivity index (χ3v) is 4.09. The molecule has 1 fully saturated rings. The van der Waals surface area contributed by atoms with Crippen LogP contribution in [0.2, 0.25) is 0 Å². The van der Waals surface area contributed by atoms with Crippen molar-refractivity contribution in [2.75, 3.05) is 18.6 Å². The predicted octanol–water partition coefficient (Wildman–Crippen LogP) is 2.70. The molecule has 2 atom stereocenters. The molecule has 1 nitrogen and oxygen atoms in total. The van der Waals surface area contributed by atoms with Crippen molar-refractivity contribution in [3.8, 4) is 0 Å². The van der Waals surface area contributed by atoms with E-state index in [4.69, 9.17) is 0 Å². The van der Waals surface area contributed by atoms with Gasteiger partial charge >= 0.3 is 0 Å². The molecule has 0 aliphatic carbocycles. The molecule has 2 unspecified atom stereocenters. The van der Waals surface area contributed by atoms with Gasteiger partial charge < -0.3 is 5.32 Å². The topological polar surface area (TPSA) is 12.0 Å². The van der Waals surface area contributed by atoms with Crippen molar-refractivity contribution in [3.05, 3.63) is 35.9 Å². The first-order chi connectivity index (χ1) is 6.92. The van der Waals surface area contributed by atoms with Crippen LogP contribution >= 0.6 is 11.8 Å². The normalized spacial score (nSPS) is 23.6. The van der Waals surface area contributed by atoms with Gasteiger partial charge in [0.15, 0.2) is 0 Å². The second-order valence-electron chi connectivity index (χ2n) is 3.80. The number of hydrogen-bond donors (Lipinski definition) is 1. The van der Waals surface area contributed by atoms with Crippen LogP contribution in [-0.2, 0) is 0 Å². The Morgan fingerprint density at radius 1 is 1.36 bits per heavy atom. The molecule has 14 heavy (non-hydrogen) atoms. The molecule has 2 rings (SSSR count). The van der Waals surface area contributed by atoms with Gasteiger partial charge in [0.1, 0.15) is 0 Å². The maximum absolute atomic E-state index is 3.45. The lowest BCUT2D eigenvalue weighted by Crippen LogP contribution is -2.25. The molecule has 1 aliphatic rings. The SMILES string of the molecule is CNC(c1ccccc1)C1CCSC1. The summed E-state index contributed by atoms with van der Waals surface area (Å²) in [5, 5.41) is 3.45. The van der Waals surface area contributed by atoms with E-state index in [9.17, 15) is 0 Å². The fourth-order valence-corrected chi connectivity index (χ4v) is 3.45. The van der Waals surface area contributed by atoms with Crippen molar-refractivity contribution in [1.82, 2.24) is 5.32 Å². The van der Waals surface area contributed by atoms with E-state index < -0.39 is 0 Å². The predicted molar refractivity (Wildman–Crippen MR) is 63.7 cm³/mol. The van der Waals surface area contributed by atoms with Gasteiger partial charge in [-0.25, -0.2) is 0 Å². The summed E-state index contributed by atoms with van der Waals surface area (Å²) in [6.45, 7) is 0. The van der Waals surface area contributed by atoms with Gasteiger partial charge in [0.25, 0.3) is 0 Å². The fourth-order valence-electron chi connectivity index (χ4n) is 2.15. The average molecular weight is 207 g/mol. The minimum atomic E-state index is 0.547. The monoisotopic (exact) mass is 207 g/mol. The summed E-state index contributed by atoms with van der Waals surface area (Å²) >= 11 is 2.08. The Balaban J connectivity index is 2.12. The Kier molecular flexibility index (Phi) is 3.49. The van der Waals surface area contributed by atoms with Crippen molar-refractivity contribution in [3.63, 3.8) is 0 Å². The molecule has 0 bridgehead atoms. The highest BCUT2D eigenvalue weighted by molar-refractivity contribution is 7.99. The Bertz CT molecular complexity index is 267. The summed E-state index contributed by atoms with van der Waals surface area (Å²) in [5.41, 5.74) is 1.43. The first-order valence-corrected chi connectivity index (χ1v) is 6.37. The highest BCUT2D eigenvalue weighted by Gasteiger charge is 2.24. The molecule has 1 saturated heterocycles. The van der Waals surface area contributed by atoms with Crippen molar-refractivity contribution >= 4 is 11.8 Å². The zero-order chi connectivity index (χ0) is 9.80. The third-order valence-electron chi connectivity index (χ3n) is 2.91. The Labute approximate surface area is 90.3 Å². The van der Waals surface area contributed by atoms with E-state index in [0.29, 0.717) is 6.04 Å². The van der Waals surface area contributed by atoms with Crippen LogP contribution in [0.4, 0.5) is 0 Å². The van der Waals surface area contributed by atoms with Crippen molar-refractivity contribution < 1.29 is 0 Å². The maximum Gasteiger partial charge on any atom is 0.0354 e. The van der Waals surface area contributed by atoms with E-state index in [0.717, 1.165) is 5.92 Å². The molecule has 0 radical (unpaired) electrons. The van der Waals surface area contributed by atoms with E-state index in [1.807, 2.05) is 0 Å². The number of nitrogens with one attached hydrogen (secondary N) is 1. The van der Waals surface area contributed by atoms with E-state index >= 15 is 0 Å². The van der Waals surface area contributed by atoms with E-state index in [2.05, 4.69) is 54.5 Å². The van der Waals surface area contributed by atoms with Crippen LogP contribution in [0, 0.1) is 5.92 Å². The molecule has 0 saturated carbocycles. The molecular weight excluding hydrogens is 190 g/mol. The first-order valence-electron chi connectivity index (χ1n) is 5.22. The second kappa shape index (κ2) is 4.85. The fraction of sp³-hybridized carbons (Fsp3) is 0.500. The van der Waals surface area contributed by atoms with Gasteiger partial charge in [-0.2, -0.15) is 11.8 Å². The minimum absolute atomic E-state index is 0.547. The zero-order valence-corrected chi connectivity index (χ0v) is 9.39. The summed E-state index contributed by atoms with van der Waals surface area (Å²) < 4.78 is 0. The zero-order valence-electron chi connectivity index (χ0n) is 8.57. The highest BCUT2D eigenvalue weighted by Crippen LogP contribution is 2.33. The van der Waals surface area contributed by atoms with Crippen LogP contribution in [0.3, 0.4) is 0 Å². The van der Waals surface area contributed by atoms with E-state index in [1.165, 1.54) is 23.5 Å². The molecule has 0 spiro atoms. The Morgan fingerprint density at radius 2 is 2.14 bits per heavy atom. The van der Waals surface area contributed by atoms with Crippen LogP contribution in [0.25, 0.3) is 0 Å². The van der Waals surface area contributed by atoms with Gasteiger partial charge in [-0.1, -0.05) is 30.3 Å². The molecule has 1 aromatic carbocycles. The first kappa shape index (κ1) is 10.1. The summed E-state index contributed by atoms with van der Waals surface area (Å²) in [4.78, 5) is 0. The lowest BCUT2D eigenvalue weighted by atomic mass is 9.93. The molecule has 76 valence electrons. The Hall–Kier alpha value is -0.470. The average Bonchev–Trinajstić information content (AvgIpc) is 2.74. The summed E-state index contributed by atoms with van der Waals surface area (Å²) in [6, 6.07) is 11.3. The van der Waals surface area contributed by atoms with Gasteiger partial charge in [-0.3, -0.25) is 0 Å². The molecule has 1 N–H and O–H groups in total. The van der Waals surface area contributed by atoms with Crippen molar-refractivity contribution in [1.29, 1.82) is 0 Å². The number of rotatable bonds is 3. The number of benzene rings is 1. The molecule has 1 heterocycles. The van der Waals surface area contributed by atoms with Crippen LogP contribution in [-0.4, -0.2) is 18.6 Å². The van der Waals surface area contributed by atoms with Gasteiger partial charge in [-0.05, 0) is 36.5 Å². The van der Waals surface area contributed by atoms with Gasteiger partial charge in [0, 0.05) is 6.04 Å². The van der Waals surface area contributed by atoms with Crippen molar-refractivity contribution in [2.24, 2.45) is 5.92 Å². The largest absolute Gasteiger partial charge is 0.313 e. The molecule has 2 heteroatoms. The molecular formula is C12H17NS. The Morgan fingerprint density at radius 3 is 2.71 bits per heavy atom. The summed E-state index contributed by atoms with van der Waals surface area (Å²) in [6.07, 6.45) is 1.35. The van der Waals surface area contributed by atoms with Crippen molar-refractivity contribution in [2.45, 2.75) is 12.5 Å². The van der Waals surface area contributed by atoms with Crippen LogP contribution in [0.1, 0.15) is 18.0 Å². The lowest BCUT2D eigenvalue weighted by Gasteiger charge is -2.22. The summed E-state index contributed by atoms with van der Waals surface area (Å²) in [7, 11) is 2.07. The minimum Gasteiger partial charge on any atom is -0.313 e. The quantitative estimate of drug-likeness (QED) is 0.818. The lowest BCUT2D eigenvalue weighted by molar-refractivity contribution is 0.420. The molecule has 0 aromatic heterocycles. The van der Waals surface area contributed by atoms with Gasteiger partial charge in [0.05, 0.1) is 0 Å². The maximum atomic E-state index is 3.45. The number of hydrogen-bond acceptors (Lipinski definition) is 2. The highest BCUT2D eigenvalue weighted by atomic mass is 32.2. The summed E-state index contributed by atoms with van der Waals surface area (Å²) in [5.74, 6) is 3.45. The second-order valence-corrected chi connectivity index (χ2v) is 4.95. The third kappa shape index (κ3) is 2.12. The number of thioether (sulfide) groups is 1. The standard InChI is InChI=1S/C12H17NS/c1-13-12(11-7-8-14-9-11)10-5-3-2-4-6-10/h2-6,11-13H,7-9H2,1H3. The molecule has 1 aromatic rings.